The molecule has 12 atom stereocenters. The number of hydrogen-bond donors (Lipinski definition) is 10. The lowest BCUT2D eigenvalue weighted by atomic mass is 9.86. The van der Waals surface area contributed by atoms with Crippen LogP contribution in [0.15, 0.2) is 66.0 Å². The summed E-state index contributed by atoms with van der Waals surface area (Å²) in [6.45, 7) is -0.275. The first-order valence-corrected chi connectivity index (χ1v) is 18.8. The minimum Gasteiger partial charge on any atom is -0.504 e. The van der Waals surface area contributed by atoms with Crippen LogP contribution in [0.5, 0.6) is 23.0 Å². The number of aliphatic hydroxyl groups excluding tert-OH is 6. The van der Waals surface area contributed by atoms with Crippen LogP contribution < -0.4 is 0 Å². The lowest BCUT2D eigenvalue weighted by Crippen LogP contribution is -2.61. The molecule has 0 radical (unpaired) electrons. The molecular weight excluding hydrogens is 816 g/mol. The summed E-state index contributed by atoms with van der Waals surface area (Å²) in [5.74, 6) is -5.95. The number of allylic oxidation sites excluding steroid dienone is 1. The van der Waals surface area contributed by atoms with E-state index >= 15 is 0 Å². The first kappa shape index (κ1) is 46.7. The van der Waals surface area contributed by atoms with Crippen LogP contribution in [0.3, 0.4) is 0 Å². The first-order valence-electron chi connectivity index (χ1n) is 18.8. The molecule has 2 aromatic rings. The standard InChI is InChI=1S/C40H48O21/c1-3-20-21(22(37(53)54-2)17-56-38(20)61-39-33(51)32(50)31(49)27(15-41)57-39)14-30(48)60-36-34(52)35(59-29(47)9-6-18-4-7-23(43)25(45)12-18)28(16-42)58-40(36)55-11-10-19-5-8-24(44)26(46)13-19/h3-9,12-13,17,21,27-28,31-36,38-46,49-52H,10-11,14-16H2,1-2H3/b9-6+,20-3+/t21-,27+,28+,31+,32-,33+,34-,35+,36+,38-,39-,40+/m0/s1. The van der Waals surface area contributed by atoms with Gasteiger partial charge in [0.1, 0.15) is 36.6 Å². The predicted molar refractivity (Wildman–Crippen MR) is 201 cm³/mol. The summed E-state index contributed by atoms with van der Waals surface area (Å²) in [6.07, 6.45) is -14.4. The lowest BCUT2D eigenvalue weighted by molar-refractivity contribution is -0.327. The van der Waals surface area contributed by atoms with Crippen molar-refractivity contribution < 1.29 is 103 Å². The number of rotatable bonds is 15. The van der Waals surface area contributed by atoms with Crippen LogP contribution in [0, 0.1) is 5.92 Å². The maximum absolute atomic E-state index is 13.9. The number of phenols is 4. The van der Waals surface area contributed by atoms with Crippen LogP contribution >= 0.6 is 0 Å². The summed E-state index contributed by atoms with van der Waals surface area (Å²) < 4.78 is 44.6. The highest BCUT2D eigenvalue weighted by atomic mass is 16.8. The molecule has 10 N–H and O–H groups in total. The molecule has 0 amide bonds. The highest BCUT2D eigenvalue weighted by Gasteiger charge is 2.51. The van der Waals surface area contributed by atoms with E-state index in [4.69, 9.17) is 37.9 Å². The minimum atomic E-state index is -1.93. The maximum atomic E-state index is 13.9. The summed E-state index contributed by atoms with van der Waals surface area (Å²) in [7, 11) is 1.07. The van der Waals surface area contributed by atoms with Gasteiger partial charge in [-0.05, 0) is 54.8 Å². The molecule has 2 fully saturated rings. The molecule has 3 aliphatic rings. The molecule has 0 aromatic heterocycles. The summed E-state index contributed by atoms with van der Waals surface area (Å²) in [5.41, 5.74) is 0.666. The molecule has 61 heavy (non-hydrogen) atoms. The monoisotopic (exact) mass is 864 g/mol. The Morgan fingerprint density at radius 2 is 1.44 bits per heavy atom. The van der Waals surface area contributed by atoms with Crippen molar-refractivity contribution >= 4 is 24.0 Å². The van der Waals surface area contributed by atoms with E-state index < -0.39 is 128 Å². The summed E-state index contributed by atoms with van der Waals surface area (Å²) >= 11 is 0. The Morgan fingerprint density at radius 3 is 2.08 bits per heavy atom. The average molecular weight is 865 g/mol. The number of phenolic OH excluding ortho intramolecular Hbond substituents is 4. The molecule has 21 nitrogen and oxygen atoms in total. The van der Waals surface area contributed by atoms with Gasteiger partial charge in [0.25, 0.3) is 0 Å². The fourth-order valence-corrected chi connectivity index (χ4v) is 6.74. The van der Waals surface area contributed by atoms with E-state index in [1.165, 1.54) is 49.4 Å². The Hall–Kier alpha value is -5.33. The van der Waals surface area contributed by atoms with E-state index in [-0.39, 0.29) is 35.5 Å². The molecule has 2 saturated heterocycles. The van der Waals surface area contributed by atoms with Crippen molar-refractivity contribution in [3.05, 3.63) is 77.1 Å². The second-order valence-corrected chi connectivity index (χ2v) is 14.0. The van der Waals surface area contributed by atoms with Gasteiger partial charge in [-0.3, -0.25) is 4.79 Å². The quantitative estimate of drug-likeness (QED) is 0.0333. The smallest absolute Gasteiger partial charge is 0.337 e. The summed E-state index contributed by atoms with van der Waals surface area (Å²) in [4.78, 5) is 39.8. The third-order valence-corrected chi connectivity index (χ3v) is 10.0. The van der Waals surface area contributed by atoms with Gasteiger partial charge >= 0.3 is 17.9 Å². The van der Waals surface area contributed by atoms with Gasteiger partial charge in [-0.2, -0.15) is 0 Å². The zero-order chi connectivity index (χ0) is 44.5. The number of benzene rings is 2. The number of methoxy groups -OCH3 is 1. The Labute approximate surface area is 347 Å². The van der Waals surface area contributed by atoms with Crippen LogP contribution in [0.25, 0.3) is 6.08 Å². The number of carbonyl (C=O) groups is 3. The van der Waals surface area contributed by atoms with Gasteiger partial charge in [0, 0.05) is 17.6 Å². The summed E-state index contributed by atoms with van der Waals surface area (Å²) in [6, 6.07) is 7.75. The summed E-state index contributed by atoms with van der Waals surface area (Å²) in [5, 5.41) is 101. The van der Waals surface area contributed by atoms with Gasteiger partial charge in [0.05, 0.1) is 45.2 Å². The van der Waals surface area contributed by atoms with Crippen LogP contribution in [-0.4, -0.2) is 164 Å². The van der Waals surface area contributed by atoms with E-state index in [0.29, 0.717) is 5.56 Å². The minimum absolute atomic E-state index is 0.0862. The van der Waals surface area contributed by atoms with Crippen LogP contribution in [0.4, 0.5) is 0 Å². The Kier molecular flexibility index (Phi) is 16.1. The molecule has 21 heteroatoms. The van der Waals surface area contributed by atoms with Crippen LogP contribution in [-0.2, 0) is 58.7 Å². The number of esters is 3. The molecular formula is C40H48O21. The van der Waals surface area contributed by atoms with Crippen molar-refractivity contribution in [3.8, 4) is 23.0 Å². The van der Waals surface area contributed by atoms with Crippen molar-refractivity contribution in [2.45, 2.75) is 87.5 Å². The van der Waals surface area contributed by atoms with Crippen LogP contribution in [0.1, 0.15) is 24.5 Å². The van der Waals surface area contributed by atoms with Crippen molar-refractivity contribution in [1.29, 1.82) is 0 Å². The molecule has 0 bridgehead atoms. The molecule has 3 aliphatic heterocycles. The Bertz CT molecular complexity index is 1940. The third kappa shape index (κ3) is 11.1. The zero-order valence-electron chi connectivity index (χ0n) is 32.7. The van der Waals surface area contributed by atoms with E-state index in [2.05, 4.69) is 0 Å². The van der Waals surface area contributed by atoms with Gasteiger partial charge in [0.15, 0.2) is 47.8 Å². The highest BCUT2D eigenvalue weighted by molar-refractivity contribution is 5.91. The van der Waals surface area contributed by atoms with Crippen molar-refractivity contribution in [2.24, 2.45) is 5.92 Å². The zero-order valence-corrected chi connectivity index (χ0v) is 32.7. The van der Waals surface area contributed by atoms with E-state index in [0.717, 1.165) is 25.5 Å². The molecule has 5 rings (SSSR count). The highest BCUT2D eigenvalue weighted by Crippen LogP contribution is 2.37. The fraction of sp³-hybridized carbons (Fsp3) is 0.475. The molecule has 3 heterocycles. The SMILES string of the molecule is C/C=C1/[C@H](O[C@@H]2O[C@H](CO)[C@@H](O)[C@H](O)[C@H]2O)OC=C(C(=O)OC)[C@H]1CC(=O)O[C@H]1[C@H](OCCc2ccc(O)c(O)c2)O[C@H](CO)[C@@H](OC(=O)/C=C/c2ccc(O)c(O)c2)[C@@H]1O. The van der Waals surface area contributed by atoms with Gasteiger partial charge in [-0.25, -0.2) is 9.59 Å². The molecule has 0 unspecified atom stereocenters. The predicted octanol–water partition coefficient (Wildman–Crippen LogP) is -1.13. The molecule has 0 saturated carbocycles. The molecule has 0 spiro atoms. The van der Waals surface area contributed by atoms with Gasteiger partial charge in [0.2, 0.25) is 6.29 Å². The Balaban J connectivity index is 1.37. The lowest BCUT2D eigenvalue weighted by Gasteiger charge is -2.43. The van der Waals surface area contributed by atoms with Crippen molar-refractivity contribution in [1.82, 2.24) is 0 Å². The Morgan fingerprint density at radius 1 is 0.770 bits per heavy atom. The number of aliphatic hydroxyl groups is 6. The van der Waals surface area contributed by atoms with Crippen molar-refractivity contribution in [3.63, 3.8) is 0 Å². The fourth-order valence-electron chi connectivity index (χ4n) is 6.74. The normalized spacial score (nSPS) is 31.0. The molecule has 2 aromatic carbocycles. The number of aromatic hydroxyl groups is 4. The van der Waals surface area contributed by atoms with Crippen molar-refractivity contribution in [2.75, 3.05) is 26.9 Å². The second kappa shape index (κ2) is 21.0. The first-order chi connectivity index (χ1) is 29.1. The third-order valence-electron chi connectivity index (χ3n) is 10.0. The second-order valence-electron chi connectivity index (χ2n) is 14.0. The van der Waals surface area contributed by atoms with E-state index in [9.17, 15) is 65.4 Å². The van der Waals surface area contributed by atoms with Gasteiger partial charge < -0.3 is 89.0 Å². The van der Waals surface area contributed by atoms with Gasteiger partial charge in [-0.1, -0.05) is 18.2 Å². The number of ether oxygens (including phenoxy) is 8. The number of hydrogen-bond acceptors (Lipinski definition) is 21. The maximum Gasteiger partial charge on any atom is 0.337 e. The largest absolute Gasteiger partial charge is 0.504 e. The topological polar surface area (TPSA) is 327 Å². The average Bonchev–Trinajstić information content (AvgIpc) is 3.24. The molecule has 334 valence electrons. The van der Waals surface area contributed by atoms with Crippen LogP contribution in [0.2, 0.25) is 0 Å². The number of carbonyl (C=O) groups excluding carboxylic acids is 3. The van der Waals surface area contributed by atoms with Gasteiger partial charge in [-0.15, -0.1) is 0 Å². The van der Waals surface area contributed by atoms with E-state index in [1.54, 1.807) is 0 Å². The van der Waals surface area contributed by atoms with E-state index in [1.807, 2.05) is 0 Å². The molecule has 0 aliphatic carbocycles.